The Balaban J connectivity index is 1.98. The van der Waals surface area contributed by atoms with E-state index < -0.39 is 0 Å². The number of anilines is 2. The Kier molecular flexibility index (Phi) is 4.77. The van der Waals surface area contributed by atoms with Gasteiger partial charge in [0.25, 0.3) is 0 Å². The van der Waals surface area contributed by atoms with Crippen molar-refractivity contribution in [1.82, 2.24) is 5.32 Å². The van der Waals surface area contributed by atoms with E-state index in [1.165, 1.54) is 6.07 Å². The van der Waals surface area contributed by atoms with Crippen molar-refractivity contribution in [3.8, 4) is 0 Å². The van der Waals surface area contributed by atoms with Crippen LogP contribution in [0, 0.1) is 5.82 Å². The highest BCUT2D eigenvalue weighted by Gasteiger charge is 2.08. The zero-order valence-electron chi connectivity index (χ0n) is 12.1. The number of nitrogens with zero attached hydrogens (tertiary/aromatic N) is 1. The maximum absolute atomic E-state index is 13.5. The van der Waals surface area contributed by atoms with Gasteiger partial charge in [-0.2, -0.15) is 0 Å². The summed E-state index contributed by atoms with van der Waals surface area (Å²) in [7, 11) is 3.80. The van der Waals surface area contributed by atoms with Gasteiger partial charge in [-0.05, 0) is 18.2 Å². The topological polar surface area (TPSA) is 44.4 Å². The summed E-state index contributed by atoms with van der Waals surface area (Å²) in [5, 5.41) is 5.41. The normalized spacial score (nSPS) is 10.0. The molecule has 2 rings (SSSR count). The molecule has 0 spiro atoms. The van der Waals surface area contributed by atoms with Crippen LogP contribution >= 0.6 is 0 Å². The molecule has 2 N–H and O–H groups in total. The number of hydrogen-bond donors (Lipinski definition) is 2. The summed E-state index contributed by atoms with van der Waals surface area (Å²) < 4.78 is 13.5. The molecule has 110 valence electrons. The lowest BCUT2D eigenvalue weighted by Crippen LogP contribution is -2.29. The predicted molar refractivity (Wildman–Crippen MR) is 83.0 cm³/mol. The SMILES string of the molecule is CN(C)c1ccccc1NC(=O)NCc1ccccc1F. The van der Waals surface area contributed by atoms with E-state index in [0.717, 1.165) is 5.69 Å². The molecule has 2 amide bonds. The second-order valence-corrected chi connectivity index (χ2v) is 4.81. The van der Waals surface area contributed by atoms with E-state index in [1.54, 1.807) is 18.2 Å². The summed E-state index contributed by atoms with van der Waals surface area (Å²) >= 11 is 0. The summed E-state index contributed by atoms with van der Waals surface area (Å²) in [6.45, 7) is 0.142. The molecule has 0 atom stereocenters. The second-order valence-electron chi connectivity index (χ2n) is 4.81. The van der Waals surface area contributed by atoms with Gasteiger partial charge >= 0.3 is 6.03 Å². The molecule has 5 heteroatoms. The lowest BCUT2D eigenvalue weighted by atomic mass is 10.2. The van der Waals surface area contributed by atoms with Gasteiger partial charge in [-0.15, -0.1) is 0 Å². The summed E-state index contributed by atoms with van der Waals surface area (Å²) in [6, 6.07) is 13.5. The molecule has 2 aromatic rings. The number of para-hydroxylation sites is 2. The highest BCUT2D eigenvalue weighted by atomic mass is 19.1. The first kappa shape index (κ1) is 14.8. The zero-order valence-corrected chi connectivity index (χ0v) is 12.1. The maximum atomic E-state index is 13.5. The number of carbonyl (C=O) groups is 1. The van der Waals surface area contributed by atoms with Crippen molar-refractivity contribution < 1.29 is 9.18 Å². The van der Waals surface area contributed by atoms with Crippen LogP contribution in [-0.2, 0) is 6.54 Å². The van der Waals surface area contributed by atoms with Crippen LogP contribution in [0.4, 0.5) is 20.6 Å². The first-order valence-electron chi connectivity index (χ1n) is 6.62. The van der Waals surface area contributed by atoms with Gasteiger partial charge < -0.3 is 15.5 Å². The number of nitrogens with one attached hydrogen (secondary N) is 2. The molecule has 0 saturated heterocycles. The van der Waals surface area contributed by atoms with Crippen molar-refractivity contribution in [3.05, 3.63) is 59.9 Å². The Bertz CT molecular complexity index is 628. The summed E-state index contributed by atoms with van der Waals surface area (Å²) in [5.41, 5.74) is 2.06. The fourth-order valence-corrected chi connectivity index (χ4v) is 1.95. The van der Waals surface area contributed by atoms with Crippen LogP contribution in [0.25, 0.3) is 0 Å². The van der Waals surface area contributed by atoms with Crippen LogP contribution in [0.1, 0.15) is 5.56 Å². The summed E-state index contributed by atoms with van der Waals surface area (Å²) in [5.74, 6) is -0.327. The molecule has 0 radical (unpaired) electrons. The highest BCUT2D eigenvalue weighted by Crippen LogP contribution is 2.23. The van der Waals surface area contributed by atoms with Gasteiger partial charge in [-0.3, -0.25) is 0 Å². The lowest BCUT2D eigenvalue weighted by molar-refractivity contribution is 0.251. The first-order chi connectivity index (χ1) is 10.1. The number of benzene rings is 2. The number of urea groups is 1. The summed E-state index contributed by atoms with van der Waals surface area (Å²) in [6.07, 6.45) is 0. The van der Waals surface area contributed by atoms with Gasteiger partial charge in [0.2, 0.25) is 0 Å². The third-order valence-electron chi connectivity index (χ3n) is 3.03. The minimum atomic E-state index is -0.368. The lowest BCUT2D eigenvalue weighted by Gasteiger charge is -2.18. The Labute approximate surface area is 123 Å². The molecule has 0 unspecified atom stereocenters. The zero-order chi connectivity index (χ0) is 15.2. The van der Waals surface area contributed by atoms with Crippen molar-refractivity contribution in [2.45, 2.75) is 6.54 Å². The molecule has 0 bridgehead atoms. The molecular weight excluding hydrogens is 269 g/mol. The number of hydrogen-bond acceptors (Lipinski definition) is 2. The van der Waals surface area contributed by atoms with E-state index in [0.29, 0.717) is 11.3 Å². The van der Waals surface area contributed by atoms with E-state index in [2.05, 4.69) is 10.6 Å². The minimum Gasteiger partial charge on any atom is -0.376 e. The number of rotatable bonds is 4. The van der Waals surface area contributed by atoms with Crippen LogP contribution in [0.2, 0.25) is 0 Å². The van der Waals surface area contributed by atoms with Crippen molar-refractivity contribution in [2.24, 2.45) is 0 Å². The van der Waals surface area contributed by atoms with E-state index in [-0.39, 0.29) is 18.4 Å². The molecule has 0 aliphatic carbocycles. The summed E-state index contributed by atoms with van der Waals surface area (Å²) in [4.78, 5) is 13.8. The van der Waals surface area contributed by atoms with E-state index in [4.69, 9.17) is 0 Å². The third-order valence-corrected chi connectivity index (χ3v) is 3.03. The van der Waals surface area contributed by atoms with Gasteiger partial charge in [0.1, 0.15) is 5.82 Å². The average molecular weight is 287 g/mol. The molecule has 0 aromatic heterocycles. The van der Waals surface area contributed by atoms with Crippen LogP contribution in [0.3, 0.4) is 0 Å². The molecule has 0 heterocycles. The Morgan fingerprint density at radius 2 is 1.76 bits per heavy atom. The maximum Gasteiger partial charge on any atom is 0.319 e. The van der Waals surface area contributed by atoms with E-state index in [1.807, 2.05) is 43.3 Å². The number of amides is 2. The number of halogens is 1. The van der Waals surface area contributed by atoms with Gasteiger partial charge in [-0.25, -0.2) is 9.18 Å². The van der Waals surface area contributed by atoms with Crippen LogP contribution in [-0.4, -0.2) is 20.1 Å². The van der Waals surface area contributed by atoms with Crippen molar-refractivity contribution >= 4 is 17.4 Å². The molecular formula is C16H18FN3O. The van der Waals surface area contributed by atoms with Crippen molar-refractivity contribution in [3.63, 3.8) is 0 Å². The monoisotopic (exact) mass is 287 g/mol. The van der Waals surface area contributed by atoms with E-state index >= 15 is 0 Å². The molecule has 4 nitrogen and oxygen atoms in total. The highest BCUT2D eigenvalue weighted by molar-refractivity contribution is 5.93. The quantitative estimate of drug-likeness (QED) is 0.907. The van der Waals surface area contributed by atoms with Crippen molar-refractivity contribution in [1.29, 1.82) is 0 Å². The van der Waals surface area contributed by atoms with Gasteiger partial charge in [-0.1, -0.05) is 30.3 Å². The standard InChI is InChI=1S/C16H18FN3O/c1-20(2)15-10-6-5-9-14(15)19-16(21)18-11-12-7-3-4-8-13(12)17/h3-10H,11H2,1-2H3,(H2,18,19,21). The van der Waals surface area contributed by atoms with E-state index in [9.17, 15) is 9.18 Å². The Morgan fingerprint density at radius 1 is 1.10 bits per heavy atom. The van der Waals surface area contributed by atoms with Gasteiger partial charge in [0, 0.05) is 26.2 Å². The van der Waals surface area contributed by atoms with Crippen LogP contribution < -0.4 is 15.5 Å². The molecule has 21 heavy (non-hydrogen) atoms. The first-order valence-corrected chi connectivity index (χ1v) is 6.62. The van der Waals surface area contributed by atoms with Gasteiger partial charge in [0.05, 0.1) is 11.4 Å². The number of carbonyl (C=O) groups excluding carboxylic acids is 1. The minimum absolute atomic E-state index is 0.142. The van der Waals surface area contributed by atoms with Crippen LogP contribution in [0.5, 0.6) is 0 Å². The van der Waals surface area contributed by atoms with Crippen molar-refractivity contribution in [2.75, 3.05) is 24.3 Å². The predicted octanol–water partition coefficient (Wildman–Crippen LogP) is 3.21. The molecule has 0 aliphatic rings. The molecule has 2 aromatic carbocycles. The fraction of sp³-hybridized carbons (Fsp3) is 0.188. The second kappa shape index (κ2) is 6.74. The fourth-order valence-electron chi connectivity index (χ4n) is 1.95. The Morgan fingerprint density at radius 3 is 2.48 bits per heavy atom. The Hall–Kier alpha value is -2.56. The molecule has 0 aliphatic heterocycles. The average Bonchev–Trinajstić information content (AvgIpc) is 2.47. The molecule has 0 saturated carbocycles. The molecule has 0 fully saturated rings. The largest absolute Gasteiger partial charge is 0.376 e. The van der Waals surface area contributed by atoms with Gasteiger partial charge in [0.15, 0.2) is 0 Å². The van der Waals surface area contributed by atoms with Crippen LogP contribution in [0.15, 0.2) is 48.5 Å². The smallest absolute Gasteiger partial charge is 0.319 e. The third kappa shape index (κ3) is 3.95.